The van der Waals surface area contributed by atoms with Crippen LogP contribution in [0, 0.1) is 0 Å². The fraction of sp³-hybridized carbons (Fsp3) is 0.222. The van der Waals surface area contributed by atoms with Crippen LogP contribution in [0.5, 0.6) is 0 Å². The number of aromatic carboxylic acids is 1. The SMILES string of the molecule is O=C1Nc2c(Br)cc(Br)cc2C1=Cc1[nH]c2c(c1C(=O)O)CCCC2. The largest absolute Gasteiger partial charge is 0.478 e. The van der Waals surface area contributed by atoms with Crippen LogP contribution in [0.3, 0.4) is 0 Å². The zero-order valence-electron chi connectivity index (χ0n) is 13.1. The second-order valence-electron chi connectivity index (χ2n) is 6.21. The molecule has 4 rings (SSSR count). The van der Waals surface area contributed by atoms with Crippen molar-refractivity contribution in [3.8, 4) is 0 Å². The van der Waals surface area contributed by atoms with E-state index in [4.69, 9.17) is 0 Å². The van der Waals surface area contributed by atoms with Crippen molar-refractivity contribution in [3.63, 3.8) is 0 Å². The number of hydrogen-bond donors (Lipinski definition) is 3. The van der Waals surface area contributed by atoms with Crippen molar-refractivity contribution in [3.05, 3.63) is 49.2 Å². The number of aromatic nitrogens is 1. The van der Waals surface area contributed by atoms with Crippen LogP contribution in [0.1, 0.15) is 45.7 Å². The second-order valence-corrected chi connectivity index (χ2v) is 7.98. The van der Waals surface area contributed by atoms with Crippen LogP contribution >= 0.6 is 31.9 Å². The van der Waals surface area contributed by atoms with Gasteiger partial charge in [0.15, 0.2) is 0 Å². The molecule has 0 atom stereocenters. The number of benzene rings is 1. The minimum Gasteiger partial charge on any atom is -0.478 e. The molecule has 0 spiro atoms. The van der Waals surface area contributed by atoms with E-state index < -0.39 is 5.97 Å². The maximum atomic E-state index is 12.4. The number of carbonyl (C=O) groups excluding carboxylic acids is 1. The molecule has 0 saturated heterocycles. The van der Waals surface area contributed by atoms with Crippen molar-refractivity contribution in [1.82, 2.24) is 4.98 Å². The Bertz CT molecular complexity index is 960. The van der Waals surface area contributed by atoms with E-state index >= 15 is 0 Å². The fourth-order valence-corrected chi connectivity index (χ4v) is 4.89. The van der Waals surface area contributed by atoms with Crippen LogP contribution in [-0.2, 0) is 17.6 Å². The van der Waals surface area contributed by atoms with Gasteiger partial charge in [-0.05, 0) is 65.4 Å². The summed E-state index contributed by atoms with van der Waals surface area (Å²) in [5.74, 6) is -1.20. The molecule has 1 aromatic heterocycles. The topological polar surface area (TPSA) is 82.2 Å². The predicted molar refractivity (Wildman–Crippen MR) is 103 cm³/mol. The molecule has 7 heteroatoms. The summed E-state index contributed by atoms with van der Waals surface area (Å²) >= 11 is 6.88. The van der Waals surface area contributed by atoms with Crippen molar-refractivity contribution in [2.24, 2.45) is 0 Å². The number of amides is 1. The van der Waals surface area contributed by atoms with E-state index in [-0.39, 0.29) is 11.5 Å². The third kappa shape index (κ3) is 2.75. The average Bonchev–Trinajstić information content (AvgIpc) is 3.07. The highest BCUT2D eigenvalue weighted by Gasteiger charge is 2.29. The lowest BCUT2D eigenvalue weighted by molar-refractivity contribution is -0.110. The molecule has 3 N–H and O–H groups in total. The molecule has 1 aromatic carbocycles. The molecule has 5 nitrogen and oxygen atoms in total. The van der Waals surface area contributed by atoms with E-state index in [0.717, 1.165) is 51.4 Å². The zero-order valence-corrected chi connectivity index (χ0v) is 16.3. The summed E-state index contributed by atoms with van der Waals surface area (Å²) in [6.45, 7) is 0. The van der Waals surface area contributed by atoms with Crippen molar-refractivity contribution in [1.29, 1.82) is 0 Å². The first-order valence-electron chi connectivity index (χ1n) is 7.95. The summed E-state index contributed by atoms with van der Waals surface area (Å²) < 4.78 is 1.61. The molecule has 0 saturated carbocycles. The van der Waals surface area contributed by atoms with Crippen LogP contribution in [0.15, 0.2) is 21.1 Å². The van der Waals surface area contributed by atoms with E-state index in [9.17, 15) is 14.7 Å². The lowest BCUT2D eigenvalue weighted by atomic mass is 9.94. The summed E-state index contributed by atoms with van der Waals surface area (Å²) in [5.41, 5.74) is 4.54. The highest BCUT2D eigenvalue weighted by molar-refractivity contribution is 9.11. The maximum absolute atomic E-state index is 12.4. The Morgan fingerprint density at radius 1 is 1.20 bits per heavy atom. The number of aryl methyl sites for hydroxylation is 1. The molecule has 1 aliphatic heterocycles. The Morgan fingerprint density at radius 3 is 2.72 bits per heavy atom. The van der Waals surface area contributed by atoms with Gasteiger partial charge in [0.25, 0.3) is 5.91 Å². The molecule has 25 heavy (non-hydrogen) atoms. The van der Waals surface area contributed by atoms with Gasteiger partial charge >= 0.3 is 5.97 Å². The average molecular weight is 466 g/mol. The minimum absolute atomic E-state index is 0.238. The number of halogens is 2. The third-order valence-corrected chi connectivity index (χ3v) is 5.74. The number of rotatable bonds is 2. The van der Waals surface area contributed by atoms with Gasteiger partial charge in [-0.3, -0.25) is 4.79 Å². The standard InChI is InChI=1S/C18H14Br2N2O3/c19-8-5-10-11(17(23)22-16(10)12(20)6-8)7-14-15(18(24)25)9-3-1-2-4-13(9)21-14/h5-7,21H,1-4H2,(H,22,23)(H,24,25). The first-order valence-corrected chi connectivity index (χ1v) is 9.53. The molecule has 0 unspecified atom stereocenters. The highest BCUT2D eigenvalue weighted by atomic mass is 79.9. The molecule has 1 amide bonds. The molecule has 1 aliphatic carbocycles. The van der Waals surface area contributed by atoms with Gasteiger partial charge in [0, 0.05) is 20.2 Å². The van der Waals surface area contributed by atoms with Gasteiger partial charge < -0.3 is 15.4 Å². The molecule has 0 fully saturated rings. The Labute approximate surface area is 160 Å². The molecular weight excluding hydrogens is 452 g/mol. The van der Waals surface area contributed by atoms with E-state index in [2.05, 4.69) is 42.2 Å². The molecule has 2 aromatic rings. The maximum Gasteiger partial charge on any atom is 0.338 e. The first kappa shape index (κ1) is 16.6. The minimum atomic E-state index is -0.958. The molecule has 2 aliphatic rings. The summed E-state index contributed by atoms with van der Waals surface area (Å²) in [5, 5.41) is 12.5. The summed E-state index contributed by atoms with van der Waals surface area (Å²) in [4.78, 5) is 27.5. The number of carboxylic acid groups (broad SMARTS) is 1. The molecule has 0 bridgehead atoms. The lowest BCUT2D eigenvalue weighted by Gasteiger charge is -2.10. The molecular formula is C18H14Br2N2O3. The smallest absolute Gasteiger partial charge is 0.338 e. The van der Waals surface area contributed by atoms with Crippen LogP contribution in [0.2, 0.25) is 0 Å². The zero-order chi connectivity index (χ0) is 17.7. The van der Waals surface area contributed by atoms with E-state index in [1.54, 1.807) is 6.08 Å². The van der Waals surface area contributed by atoms with Crippen molar-refractivity contribution >= 4 is 61.1 Å². The number of fused-ring (bicyclic) bond motifs is 2. The Hall–Kier alpha value is -1.86. The predicted octanol–water partition coefficient (Wildman–Crippen LogP) is 4.61. The van der Waals surface area contributed by atoms with Crippen LogP contribution in [0.4, 0.5) is 5.69 Å². The van der Waals surface area contributed by atoms with E-state index in [0.29, 0.717) is 17.0 Å². The third-order valence-electron chi connectivity index (χ3n) is 4.66. The Morgan fingerprint density at radius 2 is 1.96 bits per heavy atom. The van der Waals surface area contributed by atoms with Crippen LogP contribution < -0.4 is 5.32 Å². The van der Waals surface area contributed by atoms with Gasteiger partial charge in [0.05, 0.1) is 22.5 Å². The van der Waals surface area contributed by atoms with Gasteiger partial charge in [-0.15, -0.1) is 0 Å². The number of nitrogens with one attached hydrogen (secondary N) is 2. The Kier molecular flexibility index (Phi) is 4.08. The van der Waals surface area contributed by atoms with Gasteiger partial charge in [-0.25, -0.2) is 4.79 Å². The van der Waals surface area contributed by atoms with Gasteiger partial charge in [-0.1, -0.05) is 15.9 Å². The molecule has 0 radical (unpaired) electrons. The number of aromatic amines is 1. The van der Waals surface area contributed by atoms with Crippen LogP contribution in [-0.4, -0.2) is 22.0 Å². The monoisotopic (exact) mass is 464 g/mol. The number of H-pyrrole nitrogens is 1. The summed E-state index contributed by atoms with van der Waals surface area (Å²) in [6, 6.07) is 3.71. The lowest BCUT2D eigenvalue weighted by Crippen LogP contribution is -2.07. The van der Waals surface area contributed by atoms with Gasteiger partial charge in [0.1, 0.15) is 0 Å². The van der Waals surface area contributed by atoms with Crippen LogP contribution in [0.25, 0.3) is 11.6 Å². The van der Waals surface area contributed by atoms with Gasteiger partial charge in [-0.2, -0.15) is 0 Å². The highest BCUT2D eigenvalue weighted by Crippen LogP contribution is 2.41. The number of carboxylic acids is 1. The number of anilines is 1. The van der Waals surface area contributed by atoms with Crippen molar-refractivity contribution in [2.75, 3.05) is 5.32 Å². The molecule has 128 valence electrons. The summed E-state index contributed by atoms with van der Waals surface area (Å²) in [6.07, 6.45) is 5.30. The normalized spacial score (nSPS) is 17.4. The number of hydrogen-bond acceptors (Lipinski definition) is 2. The van der Waals surface area contributed by atoms with E-state index in [1.165, 1.54) is 0 Å². The first-order chi connectivity index (χ1) is 12.0. The van der Waals surface area contributed by atoms with Gasteiger partial charge in [0.2, 0.25) is 0 Å². The quantitative estimate of drug-likeness (QED) is 0.566. The fourth-order valence-electron chi connectivity index (χ4n) is 3.56. The van der Waals surface area contributed by atoms with Crippen molar-refractivity contribution < 1.29 is 14.7 Å². The second kappa shape index (κ2) is 6.14. The Balaban J connectivity index is 1.90. The summed E-state index contributed by atoms with van der Waals surface area (Å²) in [7, 11) is 0. The molecule has 2 heterocycles. The van der Waals surface area contributed by atoms with E-state index in [1.807, 2.05) is 12.1 Å². The van der Waals surface area contributed by atoms with Crippen molar-refractivity contribution in [2.45, 2.75) is 25.7 Å². The number of carbonyl (C=O) groups is 2.